The lowest BCUT2D eigenvalue weighted by Crippen LogP contribution is -2.45. The molecule has 3 fully saturated rings. The summed E-state index contributed by atoms with van der Waals surface area (Å²) in [5.74, 6) is 0.960. The molecule has 1 aliphatic carbocycles. The molecule has 0 aromatic heterocycles. The summed E-state index contributed by atoms with van der Waals surface area (Å²) in [4.78, 5) is 43.3. The summed E-state index contributed by atoms with van der Waals surface area (Å²) >= 11 is 0. The van der Waals surface area contributed by atoms with Crippen molar-refractivity contribution in [3.05, 3.63) is 0 Å². The number of urea groups is 1. The number of hydrogen-bond acceptors (Lipinski definition) is 4. The summed E-state index contributed by atoms with van der Waals surface area (Å²) in [5.41, 5.74) is 0. The smallest absolute Gasteiger partial charge is 0.324 e. The van der Waals surface area contributed by atoms with Gasteiger partial charge in [-0.25, -0.2) is 4.79 Å². The average Bonchev–Trinajstić information content (AvgIpc) is 3.39. The first kappa shape index (κ1) is 22.7. The fourth-order valence-corrected chi connectivity index (χ4v) is 3.97. The third-order valence-corrected chi connectivity index (χ3v) is 5.42. The fourth-order valence-electron chi connectivity index (χ4n) is 3.97. The standard InChI is InChI=1S/C18H30N6O3.HI/c1-2-19-17(20-8-10-24-15(25)11-21-18(24)27)22-14-7-9-23(12-14)16(26)13-5-3-4-6-13;/h13-14H,2-12H2,1H3,(H,21,27)(H2,19,20,22);1H. The van der Waals surface area contributed by atoms with Crippen LogP contribution in [0.1, 0.15) is 39.0 Å². The van der Waals surface area contributed by atoms with Crippen molar-refractivity contribution in [2.75, 3.05) is 39.3 Å². The maximum atomic E-state index is 12.6. The number of guanidine groups is 1. The normalized spacial score (nSPS) is 23.0. The molecule has 0 radical (unpaired) electrons. The highest BCUT2D eigenvalue weighted by atomic mass is 127. The van der Waals surface area contributed by atoms with E-state index in [9.17, 15) is 14.4 Å². The zero-order valence-corrected chi connectivity index (χ0v) is 18.7. The van der Waals surface area contributed by atoms with Gasteiger partial charge in [0.05, 0.1) is 19.6 Å². The summed E-state index contributed by atoms with van der Waals surface area (Å²) < 4.78 is 0. The van der Waals surface area contributed by atoms with Crippen LogP contribution in [-0.2, 0) is 9.59 Å². The van der Waals surface area contributed by atoms with Gasteiger partial charge in [0.25, 0.3) is 0 Å². The van der Waals surface area contributed by atoms with Gasteiger partial charge in [-0.15, -0.1) is 24.0 Å². The predicted molar refractivity (Wildman–Crippen MR) is 117 cm³/mol. The van der Waals surface area contributed by atoms with Crippen molar-refractivity contribution < 1.29 is 14.4 Å². The number of imide groups is 1. The number of nitrogens with zero attached hydrogens (tertiary/aromatic N) is 3. The third kappa shape index (κ3) is 5.71. The predicted octanol–water partition coefficient (Wildman–Crippen LogP) is 0.502. The Morgan fingerprint density at radius 3 is 2.64 bits per heavy atom. The van der Waals surface area contributed by atoms with Crippen LogP contribution in [0.2, 0.25) is 0 Å². The van der Waals surface area contributed by atoms with E-state index in [0.29, 0.717) is 31.5 Å². The van der Waals surface area contributed by atoms with Gasteiger partial charge >= 0.3 is 6.03 Å². The first-order valence-electron chi connectivity index (χ1n) is 10.00. The van der Waals surface area contributed by atoms with Gasteiger partial charge < -0.3 is 20.9 Å². The second-order valence-electron chi connectivity index (χ2n) is 7.36. The zero-order chi connectivity index (χ0) is 19.2. The number of hydrogen-bond donors (Lipinski definition) is 3. The number of carbonyl (C=O) groups is 3. The maximum absolute atomic E-state index is 12.6. The summed E-state index contributed by atoms with van der Waals surface area (Å²) in [6.07, 6.45) is 5.29. The molecule has 10 heteroatoms. The van der Waals surface area contributed by atoms with E-state index in [0.717, 1.165) is 25.8 Å². The number of aliphatic imine (C=N–C) groups is 1. The largest absolute Gasteiger partial charge is 0.357 e. The molecule has 0 aromatic rings. The van der Waals surface area contributed by atoms with Gasteiger partial charge in [-0.3, -0.25) is 19.5 Å². The van der Waals surface area contributed by atoms with Crippen molar-refractivity contribution in [1.29, 1.82) is 0 Å². The lowest BCUT2D eigenvalue weighted by molar-refractivity contribution is -0.134. The molecule has 1 atom stereocenters. The quantitative estimate of drug-likeness (QED) is 0.211. The summed E-state index contributed by atoms with van der Waals surface area (Å²) in [6.45, 7) is 4.85. The van der Waals surface area contributed by atoms with Crippen LogP contribution in [0.3, 0.4) is 0 Å². The molecule has 158 valence electrons. The molecule has 28 heavy (non-hydrogen) atoms. The molecule has 0 spiro atoms. The highest BCUT2D eigenvalue weighted by molar-refractivity contribution is 14.0. The highest BCUT2D eigenvalue weighted by Crippen LogP contribution is 2.27. The van der Waals surface area contributed by atoms with Gasteiger partial charge in [-0.2, -0.15) is 0 Å². The number of halogens is 1. The van der Waals surface area contributed by atoms with Crippen LogP contribution in [-0.4, -0.2) is 78.9 Å². The van der Waals surface area contributed by atoms with Gasteiger partial charge in [-0.1, -0.05) is 12.8 Å². The Morgan fingerprint density at radius 1 is 1.25 bits per heavy atom. The van der Waals surface area contributed by atoms with Gasteiger partial charge in [-0.05, 0) is 26.2 Å². The molecule has 3 rings (SSSR count). The topological polar surface area (TPSA) is 106 Å². The number of nitrogens with one attached hydrogen (secondary N) is 3. The molecule has 4 amide bonds. The van der Waals surface area contributed by atoms with E-state index in [4.69, 9.17) is 0 Å². The van der Waals surface area contributed by atoms with Gasteiger partial charge in [0, 0.05) is 31.6 Å². The van der Waals surface area contributed by atoms with E-state index in [1.807, 2.05) is 11.8 Å². The molecular formula is C18H31IN6O3. The van der Waals surface area contributed by atoms with Crippen molar-refractivity contribution in [3.8, 4) is 0 Å². The summed E-state index contributed by atoms with van der Waals surface area (Å²) in [7, 11) is 0. The molecule has 1 saturated carbocycles. The van der Waals surface area contributed by atoms with E-state index < -0.39 is 0 Å². The van der Waals surface area contributed by atoms with E-state index in [1.165, 1.54) is 17.7 Å². The zero-order valence-electron chi connectivity index (χ0n) is 16.4. The summed E-state index contributed by atoms with van der Waals surface area (Å²) in [6, 6.07) is -0.185. The Morgan fingerprint density at radius 2 is 2.00 bits per heavy atom. The molecule has 9 nitrogen and oxygen atoms in total. The van der Waals surface area contributed by atoms with E-state index in [2.05, 4.69) is 20.9 Å². The Balaban J connectivity index is 0.00000280. The molecule has 3 N–H and O–H groups in total. The third-order valence-electron chi connectivity index (χ3n) is 5.42. The van der Waals surface area contributed by atoms with Gasteiger partial charge in [0.15, 0.2) is 5.96 Å². The van der Waals surface area contributed by atoms with Crippen LogP contribution in [0, 0.1) is 5.92 Å². The molecule has 2 saturated heterocycles. The minimum absolute atomic E-state index is 0. The Bertz CT molecular complexity index is 592. The lowest BCUT2D eigenvalue weighted by atomic mass is 10.1. The van der Waals surface area contributed by atoms with Crippen molar-refractivity contribution in [3.63, 3.8) is 0 Å². The Labute approximate surface area is 183 Å². The minimum atomic E-state index is -0.356. The summed E-state index contributed by atoms with van der Waals surface area (Å²) in [5, 5.41) is 9.07. The van der Waals surface area contributed by atoms with Crippen LogP contribution in [0.4, 0.5) is 4.79 Å². The monoisotopic (exact) mass is 506 g/mol. The number of likely N-dealkylation sites (tertiary alicyclic amines) is 1. The van der Waals surface area contributed by atoms with Crippen LogP contribution < -0.4 is 16.0 Å². The molecule has 0 bridgehead atoms. The maximum Gasteiger partial charge on any atom is 0.324 e. The van der Waals surface area contributed by atoms with Crippen molar-refractivity contribution >= 4 is 47.8 Å². The molecule has 2 heterocycles. The van der Waals surface area contributed by atoms with Gasteiger partial charge in [0.2, 0.25) is 11.8 Å². The second kappa shape index (κ2) is 10.8. The van der Waals surface area contributed by atoms with Gasteiger partial charge in [0.1, 0.15) is 0 Å². The second-order valence-corrected chi connectivity index (χ2v) is 7.36. The van der Waals surface area contributed by atoms with Crippen LogP contribution in [0.5, 0.6) is 0 Å². The van der Waals surface area contributed by atoms with E-state index in [1.54, 1.807) is 0 Å². The highest BCUT2D eigenvalue weighted by Gasteiger charge is 2.32. The Kier molecular flexibility index (Phi) is 8.77. The SMILES string of the molecule is CCNC(=NCCN1C(=O)CNC1=O)NC1CCN(C(=O)C2CCCC2)C1.I. The van der Waals surface area contributed by atoms with E-state index in [-0.39, 0.29) is 61.0 Å². The van der Waals surface area contributed by atoms with E-state index >= 15 is 0 Å². The lowest BCUT2D eigenvalue weighted by Gasteiger charge is -2.21. The van der Waals surface area contributed by atoms with Crippen LogP contribution in [0.25, 0.3) is 0 Å². The van der Waals surface area contributed by atoms with Crippen LogP contribution in [0.15, 0.2) is 4.99 Å². The average molecular weight is 506 g/mol. The Hall–Kier alpha value is -1.59. The molecule has 1 unspecified atom stereocenters. The first-order valence-corrected chi connectivity index (χ1v) is 10.00. The molecule has 3 aliphatic rings. The number of amides is 4. The van der Waals surface area contributed by atoms with Crippen LogP contribution >= 0.6 is 24.0 Å². The number of rotatable bonds is 6. The fraction of sp³-hybridized carbons (Fsp3) is 0.778. The van der Waals surface area contributed by atoms with Crippen molar-refractivity contribution in [2.24, 2.45) is 10.9 Å². The number of carbonyl (C=O) groups excluding carboxylic acids is 3. The first-order chi connectivity index (χ1) is 13.1. The molecule has 2 aliphatic heterocycles. The molecular weight excluding hydrogens is 475 g/mol. The van der Waals surface area contributed by atoms with Crippen molar-refractivity contribution in [1.82, 2.24) is 25.8 Å². The molecule has 0 aromatic carbocycles. The van der Waals surface area contributed by atoms with Crippen molar-refractivity contribution in [2.45, 2.75) is 45.1 Å². The minimum Gasteiger partial charge on any atom is -0.357 e.